The van der Waals surface area contributed by atoms with Crippen LogP contribution in [-0.4, -0.2) is 128 Å². The number of aryl methyl sites for hydroxylation is 5. The largest absolute Gasteiger partial charge is 0.333 e. The van der Waals surface area contributed by atoms with Crippen molar-refractivity contribution in [3.63, 3.8) is 0 Å². The average molecular weight is 1340 g/mol. The SMILES string of the molecule is CC(C)N(C)Cc1cc(S(=O)(=O)NC(=O)Nc2c3c(cc4c2CCC4)CCC3)nn1C.CC(C)c1cc(F)cc(C(C)C)c1NC(=O)NS(=O)(=O)c1cc(CN(C)C)n(C)n1.CCN(C)Cc1cc(S(=O)(=O)NC(=O)Nc2c(C(C)C)cc(F)cc2C(C)C)nn1C. The first-order chi connectivity index (χ1) is 42.8. The lowest BCUT2D eigenvalue weighted by Gasteiger charge is -2.20. The first-order valence-corrected chi connectivity index (χ1v) is 35.2. The highest BCUT2D eigenvalue weighted by Crippen LogP contribution is 2.39. The number of hydrogen-bond donors (Lipinski definition) is 6. The predicted molar refractivity (Wildman–Crippen MR) is 353 cm³/mol. The molecule has 0 spiro atoms. The number of aromatic nitrogens is 6. The van der Waals surface area contributed by atoms with Crippen molar-refractivity contribution in [3.05, 3.63) is 122 Å². The van der Waals surface area contributed by atoms with Gasteiger partial charge in [-0.3, -0.25) is 18.9 Å². The van der Waals surface area contributed by atoms with E-state index in [1.807, 2.05) is 110 Å². The summed E-state index contributed by atoms with van der Waals surface area (Å²) in [5.41, 5.74) is 11.1. The number of benzene rings is 3. The molecular formula is C63H93F2N15O9S3. The van der Waals surface area contributed by atoms with Crippen LogP contribution < -0.4 is 30.1 Å². The van der Waals surface area contributed by atoms with Gasteiger partial charge in [0.1, 0.15) is 11.6 Å². The minimum atomic E-state index is -4.18. The summed E-state index contributed by atoms with van der Waals surface area (Å²) in [6, 6.07) is 9.81. The van der Waals surface area contributed by atoms with Gasteiger partial charge in [-0.25, -0.2) is 37.3 Å². The van der Waals surface area contributed by atoms with Crippen LogP contribution in [0.2, 0.25) is 0 Å². The van der Waals surface area contributed by atoms with Crippen LogP contribution in [0.25, 0.3) is 0 Å². The maximum Gasteiger partial charge on any atom is 0.333 e. The van der Waals surface area contributed by atoms with Gasteiger partial charge in [0.2, 0.25) is 0 Å². The summed E-state index contributed by atoms with van der Waals surface area (Å²) in [5.74, 6) is -1.10. The lowest BCUT2D eigenvalue weighted by Crippen LogP contribution is -2.35. The second kappa shape index (κ2) is 30.6. The molecule has 29 heteroatoms. The minimum Gasteiger partial charge on any atom is -0.307 e. The van der Waals surface area contributed by atoms with E-state index in [1.165, 1.54) is 63.0 Å². The highest BCUT2D eigenvalue weighted by molar-refractivity contribution is 7.90. The number of carbonyl (C=O) groups is 3. The monoisotopic (exact) mass is 1340 g/mol. The molecule has 3 aromatic heterocycles. The Bertz CT molecular complexity index is 3920. The molecule has 0 bridgehead atoms. The van der Waals surface area contributed by atoms with E-state index in [9.17, 15) is 48.4 Å². The van der Waals surface area contributed by atoms with Gasteiger partial charge < -0.3 is 25.8 Å². The van der Waals surface area contributed by atoms with E-state index in [1.54, 1.807) is 25.8 Å². The number of fused-ring (bicyclic) bond motifs is 2. The van der Waals surface area contributed by atoms with E-state index in [0.717, 1.165) is 67.6 Å². The molecule has 0 saturated heterocycles. The number of rotatable bonds is 21. The summed E-state index contributed by atoms with van der Waals surface area (Å²) >= 11 is 0. The molecule has 6 amide bonds. The second-order valence-corrected chi connectivity index (χ2v) is 30.2. The molecule has 3 aromatic carbocycles. The third kappa shape index (κ3) is 18.7. The van der Waals surface area contributed by atoms with Gasteiger partial charge in [0.25, 0.3) is 30.1 Å². The third-order valence-electron chi connectivity index (χ3n) is 16.1. The fourth-order valence-electron chi connectivity index (χ4n) is 10.7. The standard InChI is InChI=1S/C22H31N5O3S.C21H32FN5O3S.C20H30FN5O3S/c1-14(2)26(3)13-17-12-20(24-27(17)4)31(29,30)25-22(28)23-21-18-9-5-7-15(18)11-16-8-6-10-19(16)21;1-8-26(6)12-16-11-19(24-27(16)7)31(29,30)25-21(28)23-20-17(13(2)3)9-15(22)10-18(20)14(4)5;1-12(2)16-8-14(21)9-17(13(3)4)19(16)22-20(27)24-30(28,29)18-10-15(11-25(5)6)26(7)23-18/h11-12,14H,5-10,13H2,1-4H3,(H2,23,25,28);9-11,13-14H,8,12H2,1-7H3,(H2,23,25,28);8-10,12-13H,11H2,1-7H3,(H2,22,24,27). The summed E-state index contributed by atoms with van der Waals surface area (Å²) in [7, 11) is 0.147. The maximum absolute atomic E-state index is 14.1. The zero-order valence-electron chi connectivity index (χ0n) is 56.3. The van der Waals surface area contributed by atoms with Crippen LogP contribution in [0, 0.1) is 11.6 Å². The molecule has 0 fully saturated rings. The molecular weight excluding hydrogens is 1240 g/mol. The number of halogens is 2. The first kappa shape index (κ1) is 73.7. The molecule has 24 nitrogen and oxygen atoms in total. The van der Waals surface area contributed by atoms with Crippen molar-refractivity contribution in [1.29, 1.82) is 0 Å². The normalized spacial score (nSPS) is 13.2. The van der Waals surface area contributed by atoms with Gasteiger partial charge in [0.05, 0.1) is 17.1 Å². The van der Waals surface area contributed by atoms with Crippen molar-refractivity contribution in [2.75, 3.05) is 50.7 Å². The summed E-state index contributed by atoms with van der Waals surface area (Å²) in [6.45, 7) is 23.5. The fourth-order valence-corrected chi connectivity index (χ4v) is 13.5. The van der Waals surface area contributed by atoms with Crippen LogP contribution in [0.1, 0.15) is 174 Å². The van der Waals surface area contributed by atoms with Crippen molar-refractivity contribution in [1.82, 2.24) is 58.2 Å². The molecule has 6 N–H and O–H groups in total. The third-order valence-corrected chi connectivity index (χ3v) is 19.7. The summed E-state index contributed by atoms with van der Waals surface area (Å²) < 4.78 is 115. The number of urea groups is 3. The molecule has 0 atom stereocenters. The second-order valence-electron chi connectivity index (χ2n) is 25.3. The molecule has 0 saturated carbocycles. The van der Waals surface area contributed by atoms with Crippen molar-refractivity contribution in [2.45, 2.75) is 179 Å². The van der Waals surface area contributed by atoms with Gasteiger partial charge in [-0.05, 0) is 180 Å². The van der Waals surface area contributed by atoms with Crippen molar-refractivity contribution >= 4 is 65.2 Å². The van der Waals surface area contributed by atoms with E-state index < -0.39 is 59.8 Å². The van der Waals surface area contributed by atoms with Gasteiger partial charge in [-0.2, -0.15) is 40.5 Å². The van der Waals surface area contributed by atoms with Crippen LogP contribution in [0.3, 0.4) is 0 Å². The Morgan fingerprint density at radius 2 is 0.793 bits per heavy atom. The molecule has 2 aliphatic rings. The Kier molecular flexibility index (Phi) is 24.5. The number of anilines is 3. The number of nitrogens with zero attached hydrogens (tertiary/aromatic N) is 9. The molecule has 0 aliphatic heterocycles. The number of hydrogen-bond acceptors (Lipinski definition) is 15. The van der Waals surface area contributed by atoms with Crippen LogP contribution in [0.4, 0.5) is 40.2 Å². The van der Waals surface area contributed by atoms with E-state index in [4.69, 9.17) is 0 Å². The van der Waals surface area contributed by atoms with Crippen molar-refractivity contribution in [2.24, 2.45) is 21.1 Å². The van der Waals surface area contributed by atoms with Crippen LogP contribution in [0.15, 0.2) is 63.6 Å². The summed E-state index contributed by atoms with van der Waals surface area (Å²) in [4.78, 5) is 43.9. The number of amides is 6. The van der Waals surface area contributed by atoms with Gasteiger partial charge in [-0.15, -0.1) is 0 Å². The van der Waals surface area contributed by atoms with Gasteiger partial charge in [0, 0.05) is 82.1 Å². The van der Waals surface area contributed by atoms with Gasteiger partial charge >= 0.3 is 18.1 Å². The highest BCUT2D eigenvalue weighted by Gasteiger charge is 2.30. The van der Waals surface area contributed by atoms with Crippen molar-refractivity contribution < 1.29 is 48.4 Å². The number of carbonyl (C=O) groups excluding carboxylic acids is 3. The molecule has 6 aromatic rings. The van der Waals surface area contributed by atoms with Gasteiger partial charge in [0.15, 0.2) is 15.1 Å². The zero-order valence-corrected chi connectivity index (χ0v) is 58.7. The Morgan fingerprint density at radius 1 is 0.478 bits per heavy atom. The van der Waals surface area contributed by atoms with E-state index in [-0.39, 0.29) is 38.7 Å². The fraction of sp³-hybridized carbons (Fsp3) is 0.524. The maximum atomic E-state index is 14.1. The Hall–Kier alpha value is -7.31. The van der Waals surface area contributed by atoms with E-state index in [2.05, 4.69) is 60.8 Å². The highest BCUT2D eigenvalue weighted by atomic mass is 32.2. The Labute approximate surface area is 541 Å². The van der Waals surface area contributed by atoms with Crippen LogP contribution in [0.5, 0.6) is 0 Å². The van der Waals surface area contributed by atoms with Crippen LogP contribution >= 0.6 is 0 Å². The average Bonchev–Trinajstić information content (AvgIpc) is 1.51. The first-order valence-electron chi connectivity index (χ1n) is 30.8. The smallest absolute Gasteiger partial charge is 0.307 e. The number of nitrogens with one attached hydrogen (secondary N) is 6. The summed E-state index contributed by atoms with van der Waals surface area (Å²) in [6.07, 6.45) is 5.98. The lowest BCUT2D eigenvalue weighted by atomic mass is 9.92. The number of sulfonamides is 3. The molecule has 506 valence electrons. The van der Waals surface area contributed by atoms with E-state index in [0.29, 0.717) is 70.7 Å². The van der Waals surface area contributed by atoms with Crippen LogP contribution in [-0.2, 0) is 96.5 Å². The minimum absolute atomic E-state index is 0.0745. The summed E-state index contributed by atoms with van der Waals surface area (Å²) in [5, 5.41) is 19.6. The molecule has 2 aliphatic carbocycles. The molecule has 92 heavy (non-hydrogen) atoms. The molecule has 0 radical (unpaired) electrons. The molecule has 8 rings (SSSR count). The predicted octanol–water partition coefficient (Wildman–Crippen LogP) is 9.89. The quantitative estimate of drug-likeness (QED) is 0.0391. The Balaban J connectivity index is 0.000000219. The topological polar surface area (TPSA) is 289 Å². The molecule has 3 heterocycles. The van der Waals surface area contributed by atoms with E-state index >= 15 is 0 Å². The van der Waals surface area contributed by atoms with Gasteiger partial charge in [-0.1, -0.05) is 68.4 Å². The molecule has 0 unspecified atom stereocenters. The van der Waals surface area contributed by atoms with Crippen molar-refractivity contribution in [3.8, 4) is 0 Å². The zero-order chi connectivity index (χ0) is 68.6. The Morgan fingerprint density at radius 3 is 1.10 bits per heavy atom. The lowest BCUT2D eigenvalue weighted by molar-refractivity contribution is 0.255.